The number of benzene rings is 2. The van der Waals surface area contributed by atoms with Crippen LogP contribution < -0.4 is 30.2 Å². The number of nitrogens with one attached hydrogen (secondary N) is 2. The molecule has 2 aromatic carbocycles. The van der Waals surface area contributed by atoms with E-state index in [1.165, 1.54) is 6.20 Å². The summed E-state index contributed by atoms with van der Waals surface area (Å²) in [7, 11) is 4.66. The maximum Gasteiger partial charge on any atom is 0.203 e. The molecule has 1 aromatic heterocycles. The van der Waals surface area contributed by atoms with Gasteiger partial charge in [0.25, 0.3) is 0 Å². The number of anilines is 2. The number of rotatable bonds is 8. The van der Waals surface area contributed by atoms with Gasteiger partial charge in [0.15, 0.2) is 17.3 Å². The summed E-state index contributed by atoms with van der Waals surface area (Å²) in [6.07, 6.45) is 5.24. The van der Waals surface area contributed by atoms with E-state index in [9.17, 15) is 0 Å². The number of nitrogens with zero attached hydrogens (tertiary/aromatic N) is 5. The highest BCUT2D eigenvalue weighted by molar-refractivity contribution is 6.15. The maximum atomic E-state index is 5.86. The minimum absolute atomic E-state index is 0.382. The molecule has 4 rings (SSSR count). The number of aliphatic imine (C=N–C) groups is 1. The van der Waals surface area contributed by atoms with Crippen molar-refractivity contribution in [2.45, 2.75) is 0 Å². The normalized spacial score (nSPS) is 15.1. The number of hydrogen-bond donors (Lipinski definition) is 3. The molecule has 3 aromatic rings. The molecule has 0 radical (unpaired) electrons. The number of amidine groups is 1. The summed E-state index contributed by atoms with van der Waals surface area (Å²) in [5.74, 6) is 3.05. The molecule has 1 aliphatic heterocycles. The third kappa shape index (κ3) is 4.39. The molecule has 0 saturated heterocycles. The Hall–Kier alpha value is -4.80. The van der Waals surface area contributed by atoms with Crippen LogP contribution in [-0.2, 0) is 0 Å². The molecule has 0 spiro atoms. The molecule has 4 N–H and O–H groups in total. The highest BCUT2D eigenvalue weighted by atomic mass is 16.5. The Labute approximate surface area is 196 Å². The highest BCUT2D eigenvalue weighted by Gasteiger charge is 2.21. The molecular formula is C23H24N8O3. The van der Waals surface area contributed by atoms with Crippen LogP contribution in [0.25, 0.3) is 11.4 Å². The Morgan fingerprint density at radius 1 is 1.15 bits per heavy atom. The minimum atomic E-state index is 0.382. The molecule has 11 nitrogen and oxygen atoms in total. The molecule has 0 amide bonds. The van der Waals surface area contributed by atoms with Gasteiger partial charge in [0.05, 0.1) is 21.3 Å². The second-order valence-corrected chi connectivity index (χ2v) is 7.03. The van der Waals surface area contributed by atoms with Crippen molar-refractivity contribution in [3.63, 3.8) is 0 Å². The average molecular weight is 460 g/mol. The fourth-order valence-electron chi connectivity index (χ4n) is 3.46. The Morgan fingerprint density at radius 3 is 2.53 bits per heavy atom. The van der Waals surface area contributed by atoms with Crippen molar-refractivity contribution in [3.05, 3.63) is 72.8 Å². The van der Waals surface area contributed by atoms with Crippen molar-refractivity contribution < 1.29 is 14.2 Å². The van der Waals surface area contributed by atoms with E-state index in [0.717, 1.165) is 16.8 Å². The Morgan fingerprint density at radius 2 is 1.91 bits per heavy atom. The average Bonchev–Trinajstić information content (AvgIpc) is 3.53. The first kappa shape index (κ1) is 22.4. The Kier molecular flexibility index (Phi) is 6.44. The van der Waals surface area contributed by atoms with E-state index in [1.807, 2.05) is 41.4 Å². The van der Waals surface area contributed by atoms with Crippen LogP contribution in [0.4, 0.5) is 11.4 Å². The summed E-state index contributed by atoms with van der Waals surface area (Å²) < 4.78 is 16.2. The van der Waals surface area contributed by atoms with E-state index >= 15 is 0 Å². The molecule has 11 heteroatoms. The smallest absolute Gasteiger partial charge is 0.203 e. The fraction of sp³-hybridized carbons (Fsp3) is 0.130. The summed E-state index contributed by atoms with van der Waals surface area (Å²) >= 11 is 0. The van der Waals surface area contributed by atoms with Gasteiger partial charge in [0.2, 0.25) is 5.75 Å². The van der Waals surface area contributed by atoms with Crippen molar-refractivity contribution >= 4 is 17.2 Å². The van der Waals surface area contributed by atoms with E-state index in [2.05, 4.69) is 32.5 Å². The van der Waals surface area contributed by atoms with Gasteiger partial charge in [-0.05, 0) is 28.6 Å². The summed E-state index contributed by atoms with van der Waals surface area (Å²) in [5, 5.41) is 17.2. The zero-order chi connectivity index (χ0) is 24.1. The van der Waals surface area contributed by atoms with Crippen LogP contribution in [0.5, 0.6) is 17.2 Å². The van der Waals surface area contributed by atoms with Gasteiger partial charge in [-0.2, -0.15) is 0 Å². The van der Waals surface area contributed by atoms with Gasteiger partial charge in [0.1, 0.15) is 11.7 Å². The summed E-state index contributed by atoms with van der Waals surface area (Å²) in [6.45, 7) is 4.06. The Balaban J connectivity index is 1.63. The van der Waals surface area contributed by atoms with Crippen molar-refractivity contribution in [3.8, 4) is 28.6 Å². The van der Waals surface area contributed by atoms with Gasteiger partial charge < -0.3 is 30.2 Å². The van der Waals surface area contributed by atoms with Crippen molar-refractivity contribution in [2.24, 2.45) is 10.7 Å². The first-order valence-corrected chi connectivity index (χ1v) is 10.2. The molecule has 34 heavy (non-hydrogen) atoms. The van der Waals surface area contributed by atoms with Gasteiger partial charge in [-0.25, -0.2) is 10.1 Å². The lowest BCUT2D eigenvalue weighted by atomic mass is 10.1. The first-order chi connectivity index (χ1) is 16.6. The predicted octanol–water partition coefficient (Wildman–Crippen LogP) is 3.05. The second-order valence-electron chi connectivity index (χ2n) is 7.03. The lowest BCUT2D eigenvalue weighted by Gasteiger charge is -2.19. The maximum absolute atomic E-state index is 5.86. The largest absolute Gasteiger partial charge is 0.493 e. The number of H-pyrrole nitrogens is 1. The van der Waals surface area contributed by atoms with Crippen LogP contribution in [0.1, 0.15) is 0 Å². The van der Waals surface area contributed by atoms with E-state index in [0.29, 0.717) is 40.4 Å². The topological polar surface area (TPSA) is 136 Å². The van der Waals surface area contributed by atoms with Crippen LogP contribution in [0, 0.1) is 0 Å². The van der Waals surface area contributed by atoms with Gasteiger partial charge in [-0.1, -0.05) is 18.7 Å². The Bertz CT molecular complexity index is 1260. The number of hydrogen-bond acceptors (Lipinski definition) is 9. The number of aromatic amines is 1. The van der Waals surface area contributed by atoms with Gasteiger partial charge >= 0.3 is 0 Å². The first-order valence-electron chi connectivity index (χ1n) is 10.2. The number of ether oxygens (including phenoxy) is 3. The van der Waals surface area contributed by atoms with Crippen molar-refractivity contribution in [1.82, 2.24) is 20.6 Å². The lowest BCUT2D eigenvalue weighted by Crippen LogP contribution is -2.23. The highest BCUT2D eigenvalue weighted by Crippen LogP contribution is 2.40. The number of aromatic nitrogens is 4. The van der Waals surface area contributed by atoms with Gasteiger partial charge in [-0.3, -0.25) is 0 Å². The summed E-state index contributed by atoms with van der Waals surface area (Å²) in [5.41, 5.74) is 8.94. The van der Waals surface area contributed by atoms with Crippen LogP contribution in [0.2, 0.25) is 0 Å². The number of tetrazole rings is 1. The third-order valence-corrected chi connectivity index (χ3v) is 5.01. The van der Waals surface area contributed by atoms with Crippen LogP contribution in [0.3, 0.4) is 0 Å². The van der Waals surface area contributed by atoms with E-state index in [1.54, 1.807) is 33.5 Å². The molecule has 0 aliphatic carbocycles. The molecule has 0 bridgehead atoms. The second kappa shape index (κ2) is 9.77. The monoisotopic (exact) mass is 460 g/mol. The number of nitrogens with two attached hydrogens (primary N) is 1. The predicted molar refractivity (Wildman–Crippen MR) is 130 cm³/mol. The van der Waals surface area contributed by atoms with Crippen LogP contribution in [-0.4, -0.2) is 47.8 Å². The standard InChI is InChI=1S/C23H24N8O3/c1-14(25-17-11-19(32-2)21(34-4)20(12-17)33-3)26-23-16(13-24)8-9-31(23)18-7-5-6-15(10-18)22-27-29-30-28-22/h5-13,25H,1,24H2,2-4H3,(H,27,28,29,30)/b16-13-,26-23+. The van der Waals surface area contributed by atoms with Gasteiger partial charge in [-0.15, -0.1) is 5.10 Å². The summed E-state index contributed by atoms with van der Waals surface area (Å²) in [4.78, 5) is 6.59. The van der Waals surface area contributed by atoms with E-state index < -0.39 is 0 Å². The molecular weight excluding hydrogens is 436 g/mol. The van der Waals surface area contributed by atoms with Crippen LogP contribution >= 0.6 is 0 Å². The lowest BCUT2D eigenvalue weighted by molar-refractivity contribution is 0.324. The quantitative estimate of drug-likeness (QED) is 0.463. The van der Waals surface area contributed by atoms with Gasteiger partial charge in [0, 0.05) is 47.0 Å². The molecule has 0 unspecified atom stereocenters. The van der Waals surface area contributed by atoms with Crippen molar-refractivity contribution in [1.29, 1.82) is 0 Å². The zero-order valence-electron chi connectivity index (χ0n) is 18.9. The molecule has 1 aliphatic rings. The van der Waals surface area contributed by atoms with E-state index in [4.69, 9.17) is 24.9 Å². The molecule has 0 fully saturated rings. The molecule has 0 saturated carbocycles. The van der Waals surface area contributed by atoms with Crippen LogP contribution in [0.15, 0.2) is 77.8 Å². The molecule has 2 heterocycles. The van der Waals surface area contributed by atoms with E-state index in [-0.39, 0.29) is 0 Å². The number of methoxy groups -OCH3 is 3. The minimum Gasteiger partial charge on any atom is -0.493 e. The molecule has 174 valence electrons. The summed E-state index contributed by atoms with van der Waals surface area (Å²) in [6, 6.07) is 11.2. The SMILES string of the molecule is C=C(/N=C1\C(=C/N)C=CN1c1cccc(-c2nnn[nH]2)c1)Nc1cc(OC)c(OC)c(OC)c1. The zero-order valence-corrected chi connectivity index (χ0v) is 18.9. The van der Waals surface area contributed by atoms with Crippen molar-refractivity contribution in [2.75, 3.05) is 31.5 Å². The third-order valence-electron chi connectivity index (χ3n) is 5.01. The molecule has 0 atom stereocenters. The fourth-order valence-corrected chi connectivity index (χ4v) is 3.46.